The van der Waals surface area contributed by atoms with Crippen LogP contribution in [0.2, 0.25) is 0 Å². The van der Waals surface area contributed by atoms with Gasteiger partial charge in [0.1, 0.15) is 24.0 Å². The summed E-state index contributed by atoms with van der Waals surface area (Å²) >= 11 is 0. The SMILES string of the molecule is Cc1cc(N)c2ccccc2[n+]1CCCCCCCCCCNC(=O)OC1CC2=C(OC1(C)C)c1ccccc1C(=O)C2=O. The third-order valence-electron chi connectivity index (χ3n) is 8.82. The highest BCUT2D eigenvalue weighted by Crippen LogP contribution is 2.42. The van der Waals surface area contributed by atoms with Crippen LogP contribution < -0.4 is 15.6 Å². The predicted octanol–water partition coefficient (Wildman–Crippen LogP) is 6.61. The standard InChI is InChI=1S/C36H43N3O5/c1-24-22-29(37)27-18-12-13-19-30(27)39(24)21-15-9-7-5-4-6-8-14-20-38-35(42)43-31-23-28-33(41)32(40)25-16-10-11-17-26(25)34(28)44-36(31,2)3/h10-13,16-19,22,31,37H,4-9,14-15,20-21,23H2,1-3H3,(H,38,42)/p+1. The van der Waals surface area contributed by atoms with Gasteiger partial charge >= 0.3 is 6.09 Å². The number of ether oxygens (including phenoxy) is 2. The molecule has 3 N–H and O–H groups in total. The van der Waals surface area contributed by atoms with Crippen molar-refractivity contribution in [1.82, 2.24) is 5.32 Å². The van der Waals surface area contributed by atoms with E-state index in [4.69, 9.17) is 15.2 Å². The normalized spacial score (nSPS) is 17.2. The Balaban J connectivity index is 0.969. The van der Waals surface area contributed by atoms with Crippen LogP contribution in [0.3, 0.4) is 0 Å². The Bertz CT molecular complexity index is 1590. The van der Waals surface area contributed by atoms with Crippen molar-refractivity contribution < 1.29 is 28.4 Å². The number of benzene rings is 2. The summed E-state index contributed by atoms with van der Waals surface area (Å²) in [6.07, 6.45) is 7.91. The minimum Gasteiger partial charge on any atom is -0.483 e. The molecular formula is C36H44N3O5+. The molecule has 0 fully saturated rings. The minimum atomic E-state index is -0.857. The van der Waals surface area contributed by atoms with Gasteiger partial charge in [0.15, 0.2) is 5.69 Å². The van der Waals surface area contributed by atoms with Crippen molar-refractivity contribution in [3.63, 3.8) is 0 Å². The van der Waals surface area contributed by atoms with Crippen molar-refractivity contribution >= 4 is 40.0 Å². The summed E-state index contributed by atoms with van der Waals surface area (Å²) in [6, 6.07) is 17.4. The first-order valence-corrected chi connectivity index (χ1v) is 15.9. The smallest absolute Gasteiger partial charge is 0.407 e. The van der Waals surface area contributed by atoms with Gasteiger partial charge in [-0.15, -0.1) is 0 Å². The topological polar surface area (TPSA) is 112 Å². The van der Waals surface area contributed by atoms with Crippen LogP contribution in [0.25, 0.3) is 16.7 Å². The Kier molecular flexibility index (Phi) is 9.67. The number of carbonyl (C=O) groups is 3. The van der Waals surface area contributed by atoms with Gasteiger partial charge in [0.25, 0.3) is 0 Å². The van der Waals surface area contributed by atoms with Gasteiger partial charge in [0.05, 0.1) is 16.6 Å². The first-order chi connectivity index (χ1) is 21.2. The highest BCUT2D eigenvalue weighted by molar-refractivity contribution is 6.52. The van der Waals surface area contributed by atoms with Gasteiger partial charge in [0, 0.05) is 49.6 Å². The second kappa shape index (κ2) is 13.6. The van der Waals surface area contributed by atoms with Gasteiger partial charge in [0.2, 0.25) is 17.1 Å². The Morgan fingerprint density at radius 2 is 1.57 bits per heavy atom. The molecular weight excluding hydrogens is 554 g/mol. The van der Waals surface area contributed by atoms with Crippen LogP contribution in [0.15, 0.2) is 60.2 Å². The number of ketones is 2. The molecule has 2 heterocycles. The van der Waals surface area contributed by atoms with E-state index in [1.807, 2.05) is 26.0 Å². The van der Waals surface area contributed by atoms with Gasteiger partial charge in [-0.25, -0.2) is 4.79 Å². The van der Waals surface area contributed by atoms with Crippen LogP contribution in [-0.2, 0) is 20.8 Å². The van der Waals surface area contributed by atoms with Crippen LogP contribution >= 0.6 is 0 Å². The number of aryl methyl sites for hydroxylation is 2. The predicted molar refractivity (Wildman–Crippen MR) is 171 cm³/mol. The van der Waals surface area contributed by atoms with Gasteiger partial charge < -0.3 is 20.5 Å². The molecule has 3 aromatic rings. The summed E-state index contributed by atoms with van der Waals surface area (Å²) < 4.78 is 14.3. The first-order valence-electron chi connectivity index (χ1n) is 15.9. The first kappa shape index (κ1) is 31.2. The third kappa shape index (κ3) is 6.79. The highest BCUT2D eigenvalue weighted by atomic mass is 16.6. The van der Waals surface area contributed by atoms with Crippen molar-refractivity contribution in [3.05, 3.63) is 77.0 Å². The monoisotopic (exact) mass is 598 g/mol. The molecule has 0 bridgehead atoms. The number of Topliss-reactive ketones (excluding diaryl/α,β-unsaturated/α-hetero) is 2. The van der Waals surface area contributed by atoms with Crippen molar-refractivity contribution in [3.8, 4) is 0 Å². The maximum absolute atomic E-state index is 12.8. The quantitative estimate of drug-likeness (QED) is 0.138. The number of anilines is 1. The largest absolute Gasteiger partial charge is 0.483 e. The number of unbranched alkanes of at least 4 members (excludes halogenated alkanes) is 7. The number of para-hydroxylation sites is 1. The molecule has 5 rings (SSSR count). The third-order valence-corrected chi connectivity index (χ3v) is 8.82. The van der Waals surface area contributed by atoms with E-state index in [1.165, 1.54) is 36.9 Å². The molecule has 1 atom stereocenters. The summed E-state index contributed by atoms with van der Waals surface area (Å²) in [5.41, 5.74) is 9.83. The highest BCUT2D eigenvalue weighted by Gasteiger charge is 2.46. The van der Waals surface area contributed by atoms with Crippen molar-refractivity contribution in [2.75, 3.05) is 12.3 Å². The number of nitrogen functional groups attached to an aromatic ring is 1. The van der Waals surface area contributed by atoms with E-state index in [1.54, 1.807) is 18.2 Å². The Morgan fingerprint density at radius 1 is 0.932 bits per heavy atom. The fourth-order valence-corrected chi connectivity index (χ4v) is 6.29. The molecule has 1 unspecified atom stereocenters. The number of carbonyl (C=O) groups excluding carboxylic acids is 3. The number of aromatic nitrogens is 1. The van der Waals surface area contributed by atoms with E-state index >= 15 is 0 Å². The van der Waals surface area contributed by atoms with E-state index in [0.717, 1.165) is 43.3 Å². The summed E-state index contributed by atoms with van der Waals surface area (Å²) in [5.74, 6) is -0.723. The number of hydrogen-bond donors (Lipinski definition) is 2. The molecule has 2 aliphatic rings. The van der Waals surface area contributed by atoms with Crippen LogP contribution in [-0.4, -0.2) is 35.9 Å². The molecule has 8 nitrogen and oxygen atoms in total. The molecule has 0 saturated heterocycles. The number of fused-ring (bicyclic) bond motifs is 3. The zero-order valence-corrected chi connectivity index (χ0v) is 26.1. The zero-order valence-electron chi connectivity index (χ0n) is 26.1. The fraction of sp³-hybridized carbons (Fsp3) is 0.444. The maximum atomic E-state index is 12.8. The fourth-order valence-electron chi connectivity index (χ4n) is 6.29. The molecule has 0 spiro atoms. The van der Waals surface area contributed by atoms with E-state index in [0.29, 0.717) is 23.4 Å². The number of nitrogens with zero attached hydrogens (tertiary/aromatic N) is 1. The molecule has 232 valence electrons. The van der Waals surface area contributed by atoms with E-state index < -0.39 is 29.4 Å². The number of amides is 1. The molecule has 44 heavy (non-hydrogen) atoms. The molecule has 8 heteroatoms. The minimum absolute atomic E-state index is 0.142. The average molecular weight is 599 g/mol. The van der Waals surface area contributed by atoms with Crippen molar-refractivity contribution in [2.45, 2.75) is 96.8 Å². The van der Waals surface area contributed by atoms with E-state index in [9.17, 15) is 14.4 Å². The maximum Gasteiger partial charge on any atom is 0.407 e. The van der Waals surface area contributed by atoms with E-state index in [-0.39, 0.29) is 12.0 Å². The van der Waals surface area contributed by atoms with Gasteiger partial charge in [-0.3, -0.25) is 9.59 Å². The van der Waals surface area contributed by atoms with Crippen LogP contribution in [0, 0.1) is 6.92 Å². The van der Waals surface area contributed by atoms with Gasteiger partial charge in [-0.1, -0.05) is 68.5 Å². The summed E-state index contributed by atoms with van der Waals surface area (Å²) in [5, 5.41) is 3.95. The number of pyridine rings is 1. The lowest BCUT2D eigenvalue weighted by Gasteiger charge is -2.41. The van der Waals surface area contributed by atoms with Crippen molar-refractivity contribution in [2.24, 2.45) is 0 Å². The lowest BCUT2D eigenvalue weighted by molar-refractivity contribution is -0.677. The molecule has 0 saturated carbocycles. The molecule has 0 radical (unpaired) electrons. The van der Waals surface area contributed by atoms with Crippen LogP contribution in [0.4, 0.5) is 10.5 Å². The number of hydrogen-bond acceptors (Lipinski definition) is 6. The lowest BCUT2D eigenvalue weighted by Crippen LogP contribution is -2.48. The van der Waals surface area contributed by atoms with Gasteiger partial charge in [-0.05, 0) is 32.8 Å². The van der Waals surface area contributed by atoms with E-state index in [2.05, 4.69) is 41.1 Å². The number of nitrogens with one attached hydrogen (secondary N) is 1. The lowest BCUT2D eigenvalue weighted by atomic mass is 9.81. The summed E-state index contributed by atoms with van der Waals surface area (Å²) in [7, 11) is 0. The summed E-state index contributed by atoms with van der Waals surface area (Å²) in [6.45, 7) is 7.31. The van der Waals surface area contributed by atoms with Crippen molar-refractivity contribution in [1.29, 1.82) is 0 Å². The second-order valence-electron chi connectivity index (χ2n) is 12.5. The Labute approximate surface area is 259 Å². The molecule has 1 aliphatic heterocycles. The Morgan fingerprint density at radius 3 is 2.32 bits per heavy atom. The number of rotatable bonds is 12. The number of nitrogens with two attached hydrogens (primary N) is 1. The average Bonchev–Trinajstić information content (AvgIpc) is 3.00. The molecule has 1 aliphatic carbocycles. The number of alkyl carbamates (subject to hydrolysis) is 1. The molecule has 1 amide bonds. The molecule has 2 aromatic carbocycles. The zero-order chi connectivity index (χ0) is 31.3. The van der Waals surface area contributed by atoms with Gasteiger partial charge in [-0.2, -0.15) is 4.57 Å². The summed E-state index contributed by atoms with van der Waals surface area (Å²) in [4.78, 5) is 38.0. The second-order valence-corrected chi connectivity index (χ2v) is 12.5. The Hall–Kier alpha value is -4.20. The van der Waals surface area contributed by atoms with Crippen LogP contribution in [0.1, 0.15) is 93.3 Å². The molecule has 1 aromatic heterocycles. The van der Waals surface area contributed by atoms with Crippen LogP contribution in [0.5, 0.6) is 0 Å².